The van der Waals surface area contributed by atoms with Gasteiger partial charge in [-0.3, -0.25) is 4.79 Å². The number of imidazole rings is 1. The second-order valence-electron chi connectivity index (χ2n) is 13.1. The van der Waals surface area contributed by atoms with Gasteiger partial charge in [-0.1, -0.05) is 62.4 Å². The first-order chi connectivity index (χ1) is 22.0. The largest absolute Gasteiger partial charge is 0.478 e. The molecule has 3 aromatic carbocycles. The van der Waals surface area contributed by atoms with Gasteiger partial charge in [-0.25, -0.2) is 14.8 Å². The van der Waals surface area contributed by atoms with Crippen molar-refractivity contribution in [1.82, 2.24) is 15.3 Å². The molecule has 8 rings (SSSR count). The summed E-state index contributed by atoms with van der Waals surface area (Å²) in [6.07, 6.45) is 14.6. The van der Waals surface area contributed by atoms with Crippen molar-refractivity contribution in [2.24, 2.45) is 10.9 Å². The highest BCUT2D eigenvalue weighted by Crippen LogP contribution is 2.57. The summed E-state index contributed by atoms with van der Waals surface area (Å²) in [5.41, 5.74) is 7.17. The molecule has 3 N–H and O–H groups in total. The van der Waals surface area contributed by atoms with Crippen molar-refractivity contribution >= 4 is 46.7 Å². The Labute approximate surface area is 262 Å². The standard InChI is InChI=1S/C37H37N5O3/c43-32(44)17-13-23-12-16-29-30(20-23)40-36(39-29)37(18-6-7-19-37)41-35(45)25-14-15-27-31(21-25)42-22-38-28-11-5-4-10-26(28)34(42)33(27)24-8-2-1-3-9-24/h4-5,10-17,20-22,24,33-34H,1-3,6-9,18-19H2,(H,39,40)(H,41,45)(H,43,44)/b17-13+. The van der Waals surface area contributed by atoms with Crippen molar-refractivity contribution in [3.8, 4) is 0 Å². The molecule has 2 aliphatic heterocycles. The van der Waals surface area contributed by atoms with Crippen LogP contribution in [0.2, 0.25) is 0 Å². The van der Waals surface area contributed by atoms with Gasteiger partial charge < -0.3 is 20.3 Å². The highest BCUT2D eigenvalue weighted by molar-refractivity contribution is 5.98. The summed E-state index contributed by atoms with van der Waals surface area (Å²) in [5.74, 6) is 0.647. The van der Waals surface area contributed by atoms with Gasteiger partial charge in [0.2, 0.25) is 0 Å². The molecule has 1 aromatic heterocycles. The maximum Gasteiger partial charge on any atom is 0.328 e. The summed E-state index contributed by atoms with van der Waals surface area (Å²) in [4.78, 5) is 40.6. The van der Waals surface area contributed by atoms with Gasteiger partial charge in [0.15, 0.2) is 0 Å². The van der Waals surface area contributed by atoms with Crippen LogP contribution in [0.3, 0.4) is 0 Å². The molecule has 2 aliphatic carbocycles. The number of para-hydroxylation sites is 1. The zero-order valence-electron chi connectivity index (χ0n) is 25.2. The average Bonchev–Trinajstić information content (AvgIpc) is 3.80. The van der Waals surface area contributed by atoms with E-state index < -0.39 is 11.5 Å². The first-order valence-corrected chi connectivity index (χ1v) is 16.3. The van der Waals surface area contributed by atoms with Crippen molar-refractivity contribution in [2.45, 2.75) is 75.3 Å². The Kier molecular flexibility index (Phi) is 6.81. The molecule has 8 nitrogen and oxygen atoms in total. The lowest BCUT2D eigenvalue weighted by molar-refractivity contribution is -0.131. The number of anilines is 1. The van der Waals surface area contributed by atoms with Crippen LogP contribution in [-0.2, 0) is 10.3 Å². The maximum atomic E-state index is 14.1. The van der Waals surface area contributed by atoms with E-state index in [-0.39, 0.29) is 11.9 Å². The van der Waals surface area contributed by atoms with E-state index in [4.69, 9.17) is 15.1 Å². The number of hydrogen-bond acceptors (Lipinski definition) is 5. The summed E-state index contributed by atoms with van der Waals surface area (Å²) in [5, 5.41) is 12.4. The van der Waals surface area contributed by atoms with Crippen LogP contribution < -0.4 is 10.2 Å². The number of rotatable bonds is 6. The zero-order valence-corrected chi connectivity index (χ0v) is 25.2. The fraction of sp³-hybridized carbons (Fsp3) is 0.351. The number of nitrogens with one attached hydrogen (secondary N) is 2. The SMILES string of the molecule is O=C(O)/C=C/c1ccc2nc(C3(NC(=O)c4ccc5c(c4)N4C=Nc6ccccc6C4C5C4CCCCC4)CCCC3)[nH]c2c1. The minimum absolute atomic E-state index is 0.0998. The summed E-state index contributed by atoms with van der Waals surface area (Å²) >= 11 is 0. The minimum Gasteiger partial charge on any atom is -0.478 e. The van der Waals surface area contributed by atoms with Crippen LogP contribution in [0.1, 0.15) is 103 Å². The van der Waals surface area contributed by atoms with Crippen molar-refractivity contribution in [1.29, 1.82) is 0 Å². The Morgan fingerprint density at radius 1 is 0.956 bits per heavy atom. The predicted octanol–water partition coefficient (Wildman–Crippen LogP) is 7.76. The number of aliphatic carboxylic acids is 1. The molecule has 2 unspecified atom stereocenters. The number of aromatic amines is 1. The number of carboxylic acids is 1. The molecule has 0 bridgehead atoms. The number of aromatic nitrogens is 2. The monoisotopic (exact) mass is 599 g/mol. The highest BCUT2D eigenvalue weighted by atomic mass is 16.4. The molecule has 2 saturated carbocycles. The van der Waals surface area contributed by atoms with Gasteiger partial charge in [0, 0.05) is 28.8 Å². The van der Waals surface area contributed by atoms with Gasteiger partial charge in [-0.15, -0.1) is 0 Å². The number of hydrogen-bond donors (Lipinski definition) is 3. The van der Waals surface area contributed by atoms with E-state index in [1.165, 1.54) is 43.2 Å². The van der Waals surface area contributed by atoms with Crippen LogP contribution in [0, 0.1) is 5.92 Å². The van der Waals surface area contributed by atoms with Crippen LogP contribution in [0.25, 0.3) is 17.1 Å². The lowest BCUT2D eigenvalue weighted by Gasteiger charge is -2.36. The number of H-pyrrole nitrogens is 1. The first-order valence-electron chi connectivity index (χ1n) is 16.3. The maximum absolute atomic E-state index is 14.1. The number of amides is 1. The number of carbonyl (C=O) groups excluding carboxylic acids is 1. The fourth-order valence-electron chi connectivity index (χ4n) is 8.36. The first kappa shape index (κ1) is 27.8. The molecular weight excluding hydrogens is 562 g/mol. The van der Waals surface area contributed by atoms with Crippen LogP contribution in [0.15, 0.2) is 71.7 Å². The normalized spacial score (nSPS) is 22.0. The number of fused-ring (bicyclic) bond motifs is 6. The van der Waals surface area contributed by atoms with Gasteiger partial charge >= 0.3 is 5.97 Å². The van der Waals surface area contributed by atoms with E-state index >= 15 is 0 Å². The second kappa shape index (κ2) is 11.0. The average molecular weight is 600 g/mol. The van der Waals surface area contributed by atoms with Gasteiger partial charge in [0.25, 0.3) is 5.91 Å². The van der Waals surface area contributed by atoms with E-state index in [2.05, 4.69) is 51.6 Å². The Morgan fingerprint density at radius 2 is 1.78 bits per heavy atom. The third-order valence-corrected chi connectivity index (χ3v) is 10.5. The summed E-state index contributed by atoms with van der Waals surface area (Å²) < 4.78 is 0. The smallest absolute Gasteiger partial charge is 0.328 e. The van der Waals surface area contributed by atoms with Crippen molar-refractivity contribution in [2.75, 3.05) is 4.90 Å². The molecule has 228 valence electrons. The minimum atomic E-state index is -0.989. The van der Waals surface area contributed by atoms with Gasteiger partial charge in [0.1, 0.15) is 5.82 Å². The second-order valence-corrected chi connectivity index (χ2v) is 13.1. The molecule has 1 amide bonds. The molecule has 4 aromatic rings. The van der Waals surface area contributed by atoms with Gasteiger partial charge in [0.05, 0.1) is 34.6 Å². The lowest BCUT2D eigenvalue weighted by Crippen LogP contribution is -2.44. The number of carbonyl (C=O) groups is 2. The van der Waals surface area contributed by atoms with E-state index in [1.54, 1.807) is 6.08 Å². The molecular formula is C37H37N5O3. The topological polar surface area (TPSA) is 111 Å². The molecule has 45 heavy (non-hydrogen) atoms. The van der Waals surface area contributed by atoms with Gasteiger partial charge in [-0.2, -0.15) is 0 Å². The van der Waals surface area contributed by atoms with E-state index in [0.29, 0.717) is 17.4 Å². The molecule has 8 heteroatoms. The number of aliphatic imine (C=N–C) groups is 1. The lowest BCUT2D eigenvalue weighted by atomic mass is 9.73. The Balaban J connectivity index is 1.12. The van der Waals surface area contributed by atoms with E-state index in [0.717, 1.165) is 65.6 Å². The predicted molar refractivity (Wildman–Crippen MR) is 176 cm³/mol. The fourth-order valence-corrected chi connectivity index (χ4v) is 8.36. The highest BCUT2D eigenvalue weighted by Gasteiger charge is 2.46. The van der Waals surface area contributed by atoms with Crippen LogP contribution in [0.5, 0.6) is 0 Å². The third kappa shape index (κ3) is 4.83. The molecule has 4 aliphatic rings. The van der Waals surface area contributed by atoms with Crippen LogP contribution in [-0.4, -0.2) is 33.3 Å². The quantitative estimate of drug-likeness (QED) is 0.196. The molecule has 0 saturated heterocycles. The van der Waals surface area contributed by atoms with E-state index in [1.807, 2.05) is 30.6 Å². The van der Waals surface area contributed by atoms with Crippen LogP contribution >= 0.6 is 0 Å². The molecule has 0 radical (unpaired) electrons. The Hall–Kier alpha value is -4.72. The summed E-state index contributed by atoms with van der Waals surface area (Å²) in [7, 11) is 0. The Bertz CT molecular complexity index is 1860. The van der Waals surface area contributed by atoms with Gasteiger partial charge in [-0.05, 0) is 79.1 Å². The van der Waals surface area contributed by atoms with Crippen LogP contribution in [0.4, 0.5) is 11.4 Å². The molecule has 2 atom stereocenters. The van der Waals surface area contributed by atoms with Crippen molar-refractivity contribution in [3.63, 3.8) is 0 Å². The third-order valence-electron chi connectivity index (χ3n) is 10.5. The van der Waals surface area contributed by atoms with Crippen molar-refractivity contribution in [3.05, 3.63) is 94.8 Å². The summed E-state index contributed by atoms with van der Waals surface area (Å²) in [6, 6.07) is 20.6. The number of carboxylic acid groups (broad SMARTS) is 1. The molecule has 0 spiro atoms. The Morgan fingerprint density at radius 3 is 2.60 bits per heavy atom. The molecule has 2 fully saturated rings. The summed E-state index contributed by atoms with van der Waals surface area (Å²) in [6.45, 7) is 0. The number of benzene rings is 3. The van der Waals surface area contributed by atoms with E-state index in [9.17, 15) is 9.59 Å². The zero-order chi connectivity index (χ0) is 30.5. The van der Waals surface area contributed by atoms with Crippen molar-refractivity contribution < 1.29 is 14.7 Å². The number of nitrogens with zero attached hydrogens (tertiary/aromatic N) is 3. The molecule has 3 heterocycles.